The summed E-state index contributed by atoms with van der Waals surface area (Å²) >= 11 is 1.40. The van der Waals surface area contributed by atoms with E-state index >= 15 is 0 Å². The van der Waals surface area contributed by atoms with Crippen LogP contribution in [0.25, 0.3) is 0 Å². The highest BCUT2D eigenvalue weighted by Gasteiger charge is 2.25. The smallest absolute Gasteiger partial charge is 0.248 e. The highest BCUT2D eigenvalue weighted by atomic mass is 32.1. The molecule has 1 fully saturated rings. The molecule has 0 aliphatic carbocycles. The number of anilines is 1. The summed E-state index contributed by atoms with van der Waals surface area (Å²) in [7, 11) is 0. The molecule has 1 aromatic rings. The number of nitrogens with one attached hydrogen (secondary N) is 2. The number of rotatable bonds is 6. The van der Waals surface area contributed by atoms with Gasteiger partial charge in [-0.1, -0.05) is 13.8 Å². The molecule has 0 aromatic carbocycles. The number of carbonyl (C=O) groups excluding carboxylic acids is 2. The van der Waals surface area contributed by atoms with Crippen LogP contribution < -0.4 is 10.6 Å². The summed E-state index contributed by atoms with van der Waals surface area (Å²) in [6.45, 7) is 11.8. The van der Waals surface area contributed by atoms with Gasteiger partial charge in [0.15, 0.2) is 5.13 Å². The predicted octanol–water partition coefficient (Wildman–Crippen LogP) is 1.85. The van der Waals surface area contributed by atoms with E-state index in [0.717, 1.165) is 25.3 Å². The van der Waals surface area contributed by atoms with Crippen LogP contribution in [0.1, 0.15) is 40.3 Å². The van der Waals surface area contributed by atoms with E-state index < -0.39 is 6.04 Å². The number of hydrogen-bond donors (Lipinski definition) is 2. The van der Waals surface area contributed by atoms with Crippen LogP contribution in [0.2, 0.25) is 0 Å². The number of thiazole rings is 1. The molecule has 1 saturated heterocycles. The van der Waals surface area contributed by atoms with Crippen LogP contribution in [0.15, 0.2) is 5.38 Å². The molecule has 7 nitrogen and oxygen atoms in total. The van der Waals surface area contributed by atoms with Crippen molar-refractivity contribution in [1.82, 2.24) is 15.2 Å². The normalized spacial score (nSPS) is 22.6. The zero-order valence-corrected chi connectivity index (χ0v) is 16.4. The van der Waals surface area contributed by atoms with E-state index in [1.165, 1.54) is 18.3 Å². The van der Waals surface area contributed by atoms with Crippen LogP contribution >= 0.6 is 11.3 Å². The van der Waals surface area contributed by atoms with Gasteiger partial charge in [0.2, 0.25) is 11.8 Å². The fourth-order valence-electron chi connectivity index (χ4n) is 3.02. The Morgan fingerprint density at radius 3 is 2.56 bits per heavy atom. The number of morpholine rings is 1. The quantitative estimate of drug-likeness (QED) is 0.801. The number of nitrogens with zero attached hydrogens (tertiary/aromatic N) is 2. The zero-order chi connectivity index (χ0) is 18.6. The molecule has 1 aromatic heterocycles. The van der Waals surface area contributed by atoms with Crippen molar-refractivity contribution in [2.45, 2.75) is 59.4 Å². The van der Waals surface area contributed by atoms with E-state index in [1.807, 2.05) is 19.2 Å². The summed E-state index contributed by atoms with van der Waals surface area (Å²) in [6, 6.07) is -0.564. The molecule has 25 heavy (non-hydrogen) atoms. The Hall–Kier alpha value is -1.51. The van der Waals surface area contributed by atoms with E-state index in [9.17, 15) is 9.59 Å². The first-order chi connectivity index (χ1) is 11.7. The molecule has 0 saturated carbocycles. The molecule has 2 rings (SSSR count). The van der Waals surface area contributed by atoms with Gasteiger partial charge in [-0.25, -0.2) is 4.98 Å². The Labute approximate surface area is 153 Å². The average molecular weight is 369 g/mol. The molecule has 2 N–H and O–H groups in total. The minimum absolute atomic E-state index is 0.000317. The topological polar surface area (TPSA) is 83.6 Å². The van der Waals surface area contributed by atoms with E-state index in [2.05, 4.69) is 34.4 Å². The first-order valence-electron chi connectivity index (χ1n) is 8.64. The Balaban J connectivity index is 1.94. The number of amides is 2. The lowest BCUT2D eigenvalue weighted by molar-refractivity contribution is -0.126. The fraction of sp³-hybridized carbons (Fsp3) is 0.706. The molecule has 1 aliphatic rings. The van der Waals surface area contributed by atoms with Gasteiger partial charge in [0.25, 0.3) is 0 Å². The van der Waals surface area contributed by atoms with Crippen LogP contribution in [0.5, 0.6) is 0 Å². The molecule has 3 unspecified atom stereocenters. The minimum atomic E-state index is -0.564. The van der Waals surface area contributed by atoms with Gasteiger partial charge >= 0.3 is 0 Å². The van der Waals surface area contributed by atoms with Gasteiger partial charge in [-0.3, -0.25) is 14.5 Å². The van der Waals surface area contributed by atoms with Crippen LogP contribution in [0.4, 0.5) is 5.13 Å². The fourth-order valence-corrected chi connectivity index (χ4v) is 3.72. The lowest BCUT2D eigenvalue weighted by atomic mass is 10.0. The van der Waals surface area contributed by atoms with Gasteiger partial charge in [-0.15, -0.1) is 11.3 Å². The van der Waals surface area contributed by atoms with Gasteiger partial charge in [-0.2, -0.15) is 0 Å². The first-order valence-corrected chi connectivity index (χ1v) is 9.52. The molecule has 3 atom stereocenters. The predicted molar refractivity (Wildman–Crippen MR) is 98.5 cm³/mol. The maximum Gasteiger partial charge on any atom is 0.248 e. The van der Waals surface area contributed by atoms with Gasteiger partial charge in [0.1, 0.15) is 6.04 Å². The summed E-state index contributed by atoms with van der Waals surface area (Å²) in [5.41, 5.74) is 0.933. The Bertz CT molecular complexity index is 594. The number of hydrogen-bond acceptors (Lipinski definition) is 6. The Morgan fingerprint density at radius 1 is 1.36 bits per heavy atom. The third kappa shape index (κ3) is 6.05. The van der Waals surface area contributed by atoms with Gasteiger partial charge in [-0.05, 0) is 19.8 Å². The molecular formula is C17H28N4O3S. The van der Waals surface area contributed by atoms with Gasteiger partial charge < -0.3 is 15.4 Å². The Kier molecular flexibility index (Phi) is 6.92. The van der Waals surface area contributed by atoms with Crippen molar-refractivity contribution >= 4 is 28.3 Å². The van der Waals surface area contributed by atoms with E-state index in [-0.39, 0.29) is 29.9 Å². The van der Waals surface area contributed by atoms with E-state index in [1.54, 1.807) is 0 Å². The summed E-state index contributed by atoms with van der Waals surface area (Å²) in [6.07, 6.45) is 0.428. The molecule has 0 spiro atoms. The van der Waals surface area contributed by atoms with Crippen molar-refractivity contribution in [1.29, 1.82) is 0 Å². The molecule has 140 valence electrons. The molecule has 2 amide bonds. The highest BCUT2D eigenvalue weighted by Crippen LogP contribution is 2.20. The lowest BCUT2D eigenvalue weighted by Gasteiger charge is -2.34. The van der Waals surface area contributed by atoms with Gasteiger partial charge in [0, 0.05) is 31.9 Å². The molecule has 8 heteroatoms. The Morgan fingerprint density at radius 2 is 2.00 bits per heavy atom. The van der Waals surface area contributed by atoms with Crippen molar-refractivity contribution < 1.29 is 14.3 Å². The molecule has 2 heterocycles. The summed E-state index contributed by atoms with van der Waals surface area (Å²) in [5.74, 6) is -0.455. The molecular weight excluding hydrogens is 340 g/mol. The van der Waals surface area contributed by atoms with Crippen molar-refractivity contribution in [3.63, 3.8) is 0 Å². The van der Waals surface area contributed by atoms with Crippen molar-refractivity contribution in [3.05, 3.63) is 11.1 Å². The van der Waals surface area contributed by atoms with Crippen molar-refractivity contribution in [3.8, 4) is 0 Å². The SMILES string of the molecule is CC(=O)NC(C(=O)Nc1nc(CN2CC(C)OC(C)C2)cs1)C(C)C. The van der Waals surface area contributed by atoms with Crippen LogP contribution in [-0.2, 0) is 20.9 Å². The number of aromatic nitrogens is 1. The second-order valence-electron chi connectivity index (χ2n) is 7.01. The number of ether oxygens (including phenoxy) is 1. The van der Waals surface area contributed by atoms with E-state index in [4.69, 9.17) is 4.74 Å². The highest BCUT2D eigenvalue weighted by molar-refractivity contribution is 7.13. The zero-order valence-electron chi connectivity index (χ0n) is 15.5. The van der Waals surface area contributed by atoms with E-state index in [0.29, 0.717) is 5.13 Å². The minimum Gasteiger partial charge on any atom is -0.373 e. The van der Waals surface area contributed by atoms with Gasteiger partial charge in [0.05, 0.1) is 17.9 Å². The lowest BCUT2D eigenvalue weighted by Crippen LogP contribution is -2.46. The molecule has 0 bridgehead atoms. The van der Waals surface area contributed by atoms with Crippen molar-refractivity contribution in [2.24, 2.45) is 5.92 Å². The summed E-state index contributed by atoms with van der Waals surface area (Å²) in [5, 5.41) is 8.02. The second-order valence-corrected chi connectivity index (χ2v) is 7.86. The average Bonchev–Trinajstić information content (AvgIpc) is 2.90. The van der Waals surface area contributed by atoms with Crippen LogP contribution in [0, 0.1) is 5.92 Å². The maximum atomic E-state index is 12.4. The largest absolute Gasteiger partial charge is 0.373 e. The molecule has 0 radical (unpaired) electrons. The molecule has 1 aliphatic heterocycles. The first kappa shape index (κ1) is 19.8. The standard InChI is InChI=1S/C17H28N4O3S/c1-10(2)15(18-13(5)22)16(23)20-17-19-14(9-25-17)8-21-6-11(3)24-12(4)7-21/h9-12,15H,6-8H2,1-5H3,(H,18,22)(H,19,20,23). The maximum absolute atomic E-state index is 12.4. The van der Waals surface area contributed by atoms with Crippen LogP contribution in [0.3, 0.4) is 0 Å². The monoisotopic (exact) mass is 368 g/mol. The third-order valence-electron chi connectivity index (χ3n) is 3.97. The summed E-state index contributed by atoms with van der Waals surface area (Å²) < 4.78 is 5.74. The van der Waals surface area contributed by atoms with Crippen molar-refractivity contribution in [2.75, 3.05) is 18.4 Å². The summed E-state index contributed by atoms with van der Waals surface area (Å²) in [4.78, 5) is 30.5. The third-order valence-corrected chi connectivity index (χ3v) is 4.78. The number of carbonyl (C=O) groups is 2. The second kappa shape index (κ2) is 8.73. The van der Waals surface area contributed by atoms with Crippen LogP contribution in [-0.4, -0.2) is 53.0 Å².